The van der Waals surface area contributed by atoms with Crippen molar-refractivity contribution in [3.05, 3.63) is 12.2 Å². The summed E-state index contributed by atoms with van der Waals surface area (Å²) in [5.74, 6) is 2.79. The lowest BCUT2D eigenvalue weighted by Gasteiger charge is -2.35. The Hall–Kier alpha value is -0.260. The Kier molecular flexibility index (Phi) is 1.79. The van der Waals surface area contributed by atoms with E-state index >= 15 is 0 Å². The van der Waals surface area contributed by atoms with Gasteiger partial charge in [0.1, 0.15) is 0 Å². The minimum absolute atomic E-state index is 0.515. The monoisotopic (exact) mass is 204 g/mol. The van der Waals surface area contributed by atoms with Crippen LogP contribution in [-0.4, -0.2) is 0 Å². The van der Waals surface area contributed by atoms with Crippen molar-refractivity contribution in [3.63, 3.8) is 0 Å². The second-order valence-electron chi connectivity index (χ2n) is 7.10. The molecule has 15 heavy (non-hydrogen) atoms. The zero-order valence-corrected chi connectivity index (χ0v) is 10.5. The maximum atomic E-state index is 4.46. The normalized spacial score (nSPS) is 51.9. The van der Waals surface area contributed by atoms with Crippen molar-refractivity contribution in [2.24, 2.45) is 28.6 Å². The summed E-state index contributed by atoms with van der Waals surface area (Å²) in [6.45, 7) is 12.0. The Balaban J connectivity index is 2.10. The zero-order valence-electron chi connectivity index (χ0n) is 10.5. The third-order valence-electron chi connectivity index (χ3n) is 6.07. The maximum absolute atomic E-state index is 4.46. The van der Waals surface area contributed by atoms with E-state index in [1.807, 2.05) is 0 Å². The fraction of sp³-hybridized carbons (Fsp3) is 0.867. The predicted octanol–water partition coefficient (Wildman–Crippen LogP) is 4.42. The van der Waals surface area contributed by atoms with Gasteiger partial charge in [0.2, 0.25) is 0 Å². The van der Waals surface area contributed by atoms with Gasteiger partial charge in [0.25, 0.3) is 0 Å². The van der Waals surface area contributed by atoms with Crippen molar-refractivity contribution in [2.75, 3.05) is 0 Å². The SMILES string of the molecule is C=C1C2CCC3[C@H]2C(C)(C)CCC[C@]13C. The van der Waals surface area contributed by atoms with Crippen molar-refractivity contribution < 1.29 is 0 Å². The average Bonchev–Trinajstić information content (AvgIpc) is 2.63. The molecule has 0 aliphatic heterocycles. The molecule has 0 aromatic rings. The molecule has 2 unspecified atom stereocenters. The first-order valence-electron chi connectivity index (χ1n) is 6.66. The molecule has 0 spiro atoms. The fourth-order valence-electron chi connectivity index (χ4n) is 5.28. The van der Waals surface area contributed by atoms with Crippen LogP contribution in [0.3, 0.4) is 0 Å². The molecule has 0 saturated heterocycles. The Morgan fingerprint density at radius 3 is 2.60 bits per heavy atom. The molecule has 3 aliphatic rings. The van der Waals surface area contributed by atoms with Crippen LogP contribution in [0.2, 0.25) is 0 Å². The predicted molar refractivity (Wildman–Crippen MR) is 64.6 cm³/mol. The highest BCUT2D eigenvalue weighted by Crippen LogP contribution is 2.70. The molecule has 84 valence electrons. The lowest BCUT2D eigenvalue weighted by molar-refractivity contribution is 0.141. The smallest absolute Gasteiger partial charge is 0.00849 e. The van der Waals surface area contributed by atoms with Gasteiger partial charge in [-0.2, -0.15) is 0 Å². The first-order chi connectivity index (χ1) is 6.97. The third kappa shape index (κ3) is 1.04. The summed E-state index contributed by atoms with van der Waals surface area (Å²) >= 11 is 0. The summed E-state index contributed by atoms with van der Waals surface area (Å²) in [6, 6.07) is 0. The number of hydrogen-bond acceptors (Lipinski definition) is 0. The zero-order chi connectivity index (χ0) is 10.8. The van der Waals surface area contributed by atoms with Crippen LogP contribution < -0.4 is 0 Å². The van der Waals surface area contributed by atoms with Crippen LogP contribution in [0, 0.1) is 28.6 Å². The Morgan fingerprint density at radius 1 is 1.13 bits per heavy atom. The van der Waals surface area contributed by atoms with E-state index in [1.165, 1.54) is 32.1 Å². The lowest BCUT2D eigenvalue weighted by atomic mass is 9.69. The molecule has 0 aromatic heterocycles. The van der Waals surface area contributed by atoms with Crippen molar-refractivity contribution in [1.82, 2.24) is 0 Å². The maximum Gasteiger partial charge on any atom is -0.00849 e. The van der Waals surface area contributed by atoms with E-state index in [0.29, 0.717) is 10.8 Å². The van der Waals surface area contributed by atoms with Crippen LogP contribution in [-0.2, 0) is 0 Å². The molecule has 3 aliphatic carbocycles. The third-order valence-corrected chi connectivity index (χ3v) is 6.07. The Morgan fingerprint density at radius 2 is 1.87 bits per heavy atom. The van der Waals surface area contributed by atoms with E-state index in [-0.39, 0.29) is 0 Å². The van der Waals surface area contributed by atoms with Crippen LogP contribution in [0.1, 0.15) is 52.9 Å². The van der Waals surface area contributed by atoms with Gasteiger partial charge in [-0.3, -0.25) is 0 Å². The van der Waals surface area contributed by atoms with Crippen molar-refractivity contribution in [2.45, 2.75) is 52.9 Å². The standard InChI is InChI=1S/C15H24/c1-10-11-6-7-12-13(11)14(2,3)8-5-9-15(10,12)4/h11-13H,1,5-9H2,2-4H3/t11?,12?,13-,15+/m0/s1. The highest BCUT2D eigenvalue weighted by atomic mass is 14.7. The molecule has 0 radical (unpaired) electrons. The van der Waals surface area contributed by atoms with Gasteiger partial charge in [0, 0.05) is 0 Å². The molecule has 0 nitrogen and oxygen atoms in total. The first kappa shape index (κ1) is 9.93. The van der Waals surface area contributed by atoms with Gasteiger partial charge in [-0.1, -0.05) is 39.3 Å². The molecule has 4 atom stereocenters. The van der Waals surface area contributed by atoms with Crippen molar-refractivity contribution in [3.8, 4) is 0 Å². The van der Waals surface area contributed by atoms with E-state index in [2.05, 4.69) is 27.4 Å². The van der Waals surface area contributed by atoms with Gasteiger partial charge in [-0.15, -0.1) is 0 Å². The van der Waals surface area contributed by atoms with E-state index in [9.17, 15) is 0 Å². The number of allylic oxidation sites excluding steroid dienone is 1. The summed E-state index contributed by atoms with van der Waals surface area (Å²) < 4.78 is 0. The quantitative estimate of drug-likeness (QED) is 0.513. The summed E-state index contributed by atoms with van der Waals surface area (Å²) in [5, 5.41) is 0. The van der Waals surface area contributed by atoms with E-state index < -0.39 is 0 Å². The van der Waals surface area contributed by atoms with Crippen LogP contribution in [0.15, 0.2) is 12.2 Å². The van der Waals surface area contributed by atoms with Crippen LogP contribution in [0.25, 0.3) is 0 Å². The fourth-order valence-corrected chi connectivity index (χ4v) is 5.28. The topological polar surface area (TPSA) is 0 Å². The summed E-state index contributed by atoms with van der Waals surface area (Å²) in [4.78, 5) is 0. The number of rotatable bonds is 0. The second kappa shape index (κ2) is 2.70. The summed E-state index contributed by atoms with van der Waals surface area (Å²) in [6.07, 6.45) is 7.18. The second-order valence-corrected chi connectivity index (χ2v) is 7.10. The molecular weight excluding hydrogens is 180 g/mol. The first-order valence-corrected chi connectivity index (χ1v) is 6.66. The summed E-state index contributed by atoms with van der Waals surface area (Å²) in [5.41, 5.74) is 2.71. The molecule has 0 aromatic carbocycles. The molecule has 4 bridgehead atoms. The molecular formula is C15H24. The average molecular weight is 204 g/mol. The van der Waals surface area contributed by atoms with Gasteiger partial charge in [-0.25, -0.2) is 0 Å². The Labute approximate surface area is 94.1 Å². The van der Waals surface area contributed by atoms with Crippen molar-refractivity contribution >= 4 is 0 Å². The summed E-state index contributed by atoms with van der Waals surface area (Å²) in [7, 11) is 0. The van der Waals surface area contributed by atoms with Gasteiger partial charge in [0.15, 0.2) is 0 Å². The highest BCUT2D eigenvalue weighted by molar-refractivity contribution is 5.29. The van der Waals surface area contributed by atoms with E-state index in [0.717, 1.165) is 17.8 Å². The Bertz CT molecular complexity index is 312. The van der Waals surface area contributed by atoms with Crippen LogP contribution >= 0.6 is 0 Å². The molecule has 3 fully saturated rings. The van der Waals surface area contributed by atoms with E-state index in [1.54, 1.807) is 5.57 Å². The molecule has 0 amide bonds. The van der Waals surface area contributed by atoms with Crippen molar-refractivity contribution in [1.29, 1.82) is 0 Å². The minimum atomic E-state index is 0.515. The van der Waals surface area contributed by atoms with Crippen LogP contribution in [0.5, 0.6) is 0 Å². The molecule has 3 saturated carbocycles. The molecule has 0 N–H and O–H groups in total. The lowest BCUT2D eigenvalue weighted by Crippen LogP contribution is -2.28. The van der Waals surface area contributed by atoms with Gasteiger partial charge < -0.3 is 0 Å². The largest absolute Gasteiger partial charge is 0.0990 e. The number of hydrogen-bond donors (Lipinski definition) is 0. The van der Waals surface area contributed by atoms with Gasteiger partial charge in [-0.05, 0) is 54.3 Å². The van der Waals surface area contributed by atoms with Crippen LogP contribution in [0.4, 0.5) is 0 Å². The minimum Gasteiger partial charge on any atom is -0.0990 e. The molecule has 0 heterocycles. The molecule has 0 heteroatoms. The van der Waals surface area contributed by atoms with Gasteiger partial charge >= 0.3 is 0 Å². The van der Waals surface area contributed by atoms with Gasteiger partial charge in [0.05, 0.1) is 0 Å². The van der Waals surface area contributed by atoms with E-state index in [4.69, 9.17) is 0 Å². The molecule has 3 rings (SSSR count). The highest BCUT2D eigenvalue weighted by Gasteiger charge is 2.61.